The van der Waals surface area contributed by atoms with Crippen molar-refractivity contribution in [2.45, 2.75) is 96.8 Å². The molecule has 1 aliphatic carbocycles. The molecule has 1 aliphatic rings. The summed E-state index contributed by atoms with van der Waals surface area (Å²) in [6, 6.07) is 0. The summed E-state index contributed by atoms with van der Waals surface area (Å²) in [4.78, 5) is 23.2. The van der Waals surface area contributed by atoms with Gasteiger partial charge < -0.3 is 9.47 Å². The number of carbonyl (C=O) groups excluding carboxylic acids is 2. The first-order valence-corrected chi connectivity index (χ1v) is 10.0. The van der Waals surface area contributed by atoms with Crippen molar-refractivity contribution in [2.24, 2.45) is 5.92 Å². The maximum Gasteiger partial charge on any atom is 0.305 e. The zero-order valence-electron chi connectivity index (χ0n) is 15.5. The smallest absolute Gasteiger partial charge is 0.305 e. The summed E-state index contributed by atoms with van der Waals surface area (Å²) in [5.41, 5.74) is 0. The average molecular weight is 341 g/mol. The van der Waals surface area contributed by atoms with Crippen molar-refractivity contribution in [2.75, 3.05) is 13.2 Å². The number of carbonyl (C=O) groups is 2. The lowest BCUT2D eigenvalue weighted by molar-refractivity contribution is -0.146. The van der Waals surface area contributed by atoms with Crippen LogP contribution in [0.2, 0.25) is 0 Å². The SMILES string of the molecule is CCCCCCCCOC(=O)CCCCC(=O)OCC1CCCC1. The van der Waals surface area contributed by atoms with Crippen molar-refractivity contribution in [3.63, 3.8) is 0 Å². The van der Waals surface area contributed by atoms with Crippen LogP contribution in [0.5, 0.6) is 0 Å². The normalized spacial score (nSPS) is 14.7. The second-order valence-electron chi connectivity index (χ2n) is 7.03. The van der Waals surface area contributed by atoms with Gasteiger partial charge in [0.25, 0.3) is 0 Å². The number of hydrogen-bond acceptors (Lipinski definition) is 4. The van der Waals surface area contributed by atoms with Crippen LogP contribution in [-0.4, -0.2) is 25.2 Å². The number of unbranched alkanes of at least 4 members (excludes halogenated alkanes) is 6. The number of hydrogen-bond donors (Lipinski definition) is 0. The molecular formula is C20H36O4. The Morgan fingerprint density at radius 1 is 0.792 bits per heavy atom. The lowest BCUT2D eigenvalue weighted by atomic mass is 10.1. The fourth-order valence-electron chi connectivity index (χ4n) is 3.14. The Balaban J connectivity index is 1.85. The van der Waals surface area contributed by atoms with E-state index >= 15 is 0 Å². The van der Waals surface area contributed by atoms with Gasteiger partial charge in [0.2, 0.25) is 0 Å². The highest BCUT2D eigenvalue weighted by atomic mass is 16.5. The summed E-state index contributed by atoms with van der Waals surface area (Å²) in [6.45, 7) is 3.32. The van der Waals surface area contributed by atoms with Gasteiger partial charge in [-0.15, -0.1) is 0 Å². The van der Waals surface area contributed by atoms with E-state index in [9.17, 15) is 9.59 Å². The molecule has 140 valence electrons. The van der Waals surface area contributed by atoms with Gasteiger partial charge in [-0.3, -0.25) is 9.59 Å². The second-order valence-corrected chi connectivity index (χ2v) is 7.03. The number of rotatable bonds is 14. The summed E-state index contributed by atoms with van der Waals surface area (Å²) in [5, 5.41) is 0. The number of esters is 2. The first-order valence-electron chi connectivity index (χ1n) is 10.0. The van der Waals surface area contributed by atoms with Gasteiger partial charge in [0.15, 0.2) is 0 Å². The van der Waals surface area contributed by atoms with E-state index in [0.717, 1.165) is 12.8 Å². The highest BCUT2D eigenvalue weighted by Gasteiger charge is 2.16. The Kier molecular flexibility index (Phi) is 12.5. The number of ether oxygens (including phenoxy) is 2. The molecule has 4 heteroatoms. The van der Waals surface area contributed by atoms with Gasteiger partial charge in [0.1, 0.15) is 0 Å². The monoisotopic (exact) mass is 340 g/mol. The lowest BCUT2D eigenvalue weighted by Crippen LogP contribution is -2.12. The van der Waals surface area contributed by atoms with Gasteiger partial charge in [-0.1, -0.05) is 51.9 Å². The molecule has 0 amide bonds. The van der Waals surface area contributed by atoms with Crippen LogP contribution in [-0.2, 0) is 19.1 Å². The summed E-state index contributed by atoms with van der Waals surface area (Å²) < 4.78 is 10.5. The summed E-state index contributed by atoms with van der Waals surface area (Å²) in [6.07, 6.45) is 14.3. The Bertz CT molecular complexity index is 335. The Labute approximate surface area is 147 Å². The molecule has 0 aromatic heterocycles. The van der Waals surface area contributed by atoms with Gasteiger partial charge in [0.05, 0.1) is 13.2 Å². The predicted octanol–water partition coefficient (Wildman–Crippen LogP) is 5.18. The van der Waals surface area contributed by atoms with Crippen molar-refractivity contribution in [3.8, 4) is 0 Å². The standard InChI is InChI=1S/C20H36O4/c1-2-3-4-5-6-11-16-23-19(21)14-9-10-15-20(22)24-17-18-12-7-8-13-18/h18H,2-17H2,1H3. The zero-order valence-corrected chi connectivity index (χ0v) is 15.5. The topological polar surface area (TPSA) is 52.6 Å². The van der Waals surface area contributed by atoms with E-state index < -0.39 is 0 Å². The fourth-order valence-corrected chi connectivity index (χ4v) is 3.14. The largest absolute Gasteiger partial charge is 0.466 e. The highest BCUT2D eigenvalue weighted by Crippen LogP contribution is 2.24. The molecule has 0 saturated heterocycles. The van der Waals surface area contributed by atoms with E-state index in [1.54, 1.807) is 0 Å². The molecule has 0 N–H and O–H groups in total. The van der Waals surface area contributed by atoms with Gasteiger partial charge in [-0.25, -0.2) is 0 Å². The van der Waals surface area contributed by atoms with E-state index in [0.29, 0.717) is 44.8 Å². The van der Waals surface area contributed by atoms with E-state index in [1.165, 1.54) is 51.4 Å². The molecule has 0 radical (unpaired) electrons. The molecule has 0 unspecified atom stereocenters. The van der Waals surface area contributed by atoms with Crippen LogP contribution in [0.15, 0.2) is 0 Å². The first kappa shape index (κ1) is 21.0. The minimum Gasteiger partial charge on any atom is -0.466 e. The average Bonchev–Trinajstić information content (AvgIpc) is 3.09. The summed E-state index contributed by atoms with van der Waals surface area (Å²) >= 11 is 0. The van der Waals surface area contributed by atoms with Gasteiger partial charge >= 0.3 is 11.9 Å². The van der Waals surface area contributed by atoms with Crippen LogP contribution in [0.1, 0.15) is 96.8 Å². The molecule has 0 bridgehead atoms. The van der Waals surface area contributed by atoms with Crippen molar-refractivity contribution in [1.82, 2.24) is 0 Å². The van der Waals surface area contributed by atoms with E-state index in [2.05, 4.69) is 6.92 Å². The minimum absolute atomic E-state index is 0.123. The Hall–Kier alpha value is -1.06. The quantitative estimate of drug-likeness (QED) is 0.323. The zero-order chi connectivity index (χ0) is 17.5. The van der Waals surface area contributed by atoms with Crippen molar-refractivity contribution >= 4 is 11.9 Å². The molecule has 0 aliphatic heterocycles. The molecule has 0 spiro atoms. The lowest BCUT2D eigenvalue weighted by Gasteiger charge is -2.09. The molecule has 0 aromatic carbocycles. The van der Waals surface area contributed by atoms with Crippen LogP contribution in [0.3, 0.4) is 0 Å². The molecule has 1 rings (SSSR count). The highest BCUT2D eigenvalue weighted by molar-refractivity contribution is 5.70. The van der Waals surface area contributed by atoms with Crippen LogP contribution < -0.4 is 0 Å². The molecule has 4 nitrogen and oxygen atoms in total. The molecule has 0 atom stereocenters. The molecule has 0 heterocycles. The van der Waals surface area contributed by atoms with Crippen molar-refractivity contribution in [1.29, 1.82) is 0 Å². The van der Waals surface area contributed by atoms with Crippen LogP contribution >= 0.6 is 0 Å². The summed E-state index contributed by atoms with van der Waals surface area (Å²) in [7, 11) is 0. The first-order chi connectivity index (χ1) is 11.7. The fraction of sp³-hybridized carbons (Fsp3) is 0.900. The molecule has 24 heavy (non-hydrogen) atoms. The van der Waals surface area contributed by atoms with Crippen molar-refractivity contribution in [3.05, 3.63) is 0 Å². The third-order valence-electron chi connectivity index (χ3n) is 4.73. The molecule has 1 saturated carbocycles. The maximum absolute atomic E-state index is 11.6. The summed E-state index contributed by atoms with van der Waals surface area (Å²) in [5.74, 6) is 0.316. The van der Waals surface area contributed by atoms with Gasteiger partial charge in [-0.2, -0.15) is 0 Å². The molecule has 1 fully saturated rings. The Morgan fingerprint density at radius 3 is 2.04 bits per heavy atom. The third-order valence-corrected chi connectivity index (χ3v) is 4.73. The van der Waals surface area contributed by atoms with Crippen LogP contribution in [0.25, 0.3) is 0 Å². The van der Waals surface area contributed by atoms with Crippen LogP contribution in [0.4, 0.5) is 0 Å². The van der Waals surface area contributed by atoms with Crippen molar-refractivity contribution < 1.29 is 19.1 Å². The van der Waals surface area contributed by atoms with Gasteiger partial charge in [-0.05, 0) is 38.0 Å². The van der Waals surface area contributed by atoms with Crippen LogP contribution in [0, 0.1) is 5.92 Å². The van der Waals surface area contributed by atoms with E-state index in [-0.39, 0.29) is 11.9 Å². The third kappa shape index (κ3) is 11.5. The molecule has 0 aromatic rings. The van der Waals surface area contributed by atoms with E-state index in [4.69, 9.17) is 9.47 Å². The predicted molar refractivity (Wildman–Crippen MR) is 95.7 cm³/mol. The maximum atomic E-state index is 11.6. The molecular weight excluding hydrogens is 304 g/mol. The second kappa shape index (κ2) is 14.3. The Morgan fingerprint density at radius 2 is 1.38 bits per heavy atom. The van der Waals surface area contributed by atoms with E-state index in [1.807, 2.05) is 0 Å². The van der Waals surface area contributed by atoms with Gasteiger partial charge in [0, 0.05) is 12.8 Å². The minimum atomic E-state index is -0.136.